The van der Waals surface area contributed by atoms with Crippen molar-refractivity contribution in [1.29, 1.82) is 0 Å². The van der Waals surface area contributed by atoms with Gasteiger partial charge in [-0.25, -0.2) is 9.37 Å². The number of ether oxygens (including phenoxy) is 1. The van der Waals surface area contributed by atoms with Crippen molar-refractivity contribution < 1.29 is 13.5 Å². The van der Waals surface area contributed by atoms with E-state index in [9.17, 15) is 9.30 Å². The van der Waals surface area contributed by atoms with E-state index >= 15 is 0 Å². The van der Waals surface area contributed by atoms with Gasteiger partial charge in [-0.2, -0.15) is 4.98 Å². The van der Waals surface area contributed by atoms with E-state index in [-0.39, 0.29) is 22.9 Å². The van der Waals surface area contributed by atoms with E-state index in [1.165, 1.54) is 25.3 Å². The summed E-state index contributed by atoms with van der Waals surface area (Å²) in [6, 6.07) is 5.90. The molecule has 0 fully saturated rings. The maximum Gasteiger partial charge on any atom is 0.301 e. The largest absolute Gasteiger partial charge is 0.494 e. The zero-order valence-electron chi connectivity index (χ0n) is 10.8. The Morgan fingerprint density at radius 1 is 1.38 bits per heavy atom. The molecule has 1 N–H and O–H groups in total. The topological polar surface area (TPSA) is 89.6 Å². The van der Waals surface area contributed by atoms with E-state index in [1.54, 1.807) is 6.07 Å². The average molecular weight is 288 g/mol. The number of nitrogens with one attached hydrogen (secondary N) is 1. The molecule has 0 aliphatic heterocycles. The van der Waals surface area contributed by atoms with Crippen LogP contribution in [0.1, 0.15) is 0 Å². The van der Waals surface area contributed by atoms with Gasteiger partial charge in [-0.3, -0.25) is 0 Å². The molecule has 106 valence electrons. The van der Waals surface area contributed by atoms with Gasteiger partial charge in [0.2, 0.25) is 5.65 Å². The maximum atomic E-state index is 13.0. The third-order valence-corrected chi connectivity index (χ3v) is 2.75. The second kappa shape index (κ2) is 5.16. The van der Waals surface area contributed by atoms with Gasteiger partial charge >= 0.3 is 6.01 Å². The first kappa shape index (κ1) is 13.0. The summed E-state index contributed by atoms with van der Waals surface area (Å²) >= 11 is 0. The fraction of sp³-hybridized carbons (Fsp3) is 0.0769. The Balaban J connectivity index is 1.96. The van der Waals surface area contributed by atoms with Gasteiger partial charge in [0.05, 0.1) is 19.0 Å². The van der Waals surface area contributed by atoms with Crippen LogP contribution in [0, 0.1) is 10.7 Å². The van der Waals surface area contributed by atoms with Crippen LogP contribution < -0.4 is 10.1 Å². The Morgan fingerprint density at radius 3 is 3.00 bits per heavy atom. The number of hydrogen-bond acceptors (Lipinski definition) is 7. The highest BCUT2D eigenvalue weighted by Crippen LogP contribution is 2.32. The number of rotatable bonds is 4. The molecule has 0 aliphatic carbocycles. The number of methoxy groups -OCH3 is 1. The second-order valence-corrected chi connectivity index (χ2v) is 4.10. The van der Waals surface area contributed by atoms with Crippen molar-refractivity contribution in [3.05, 3.63) is 41.2 Å². The van der Waals surface area contributed by atoms with Crippen LogP contribution in [0.5, 0.6) is 5.75 Å². The molecular formula is C13H9FN4O3. The predicted molar refractivity (Wildman–Crippen MR) is 73.5 cm³/mol. The molecule has 8 heteroatoms. The SMILES string of the molecule is COc1cc(N=O)ccc1Nc1nc2ncc(F)cc2o1. The molecule has 0 radical (unpaired) electrons. The van der Waals surface area contributed by atoms with Gasteiger partial charge in [0.15, 0.2) is 5.58 Å². The van der Waals surface area contributed by atoms with E-state index in [1.807, 2.05) is 0 Å². The number of nitroso groups, excluding NO2 is 1. The highest BCUT2D eigenvalue weighted by Gasteiger charge is 2.11. The Labute approximate surface area is 117 Å². The van der Waals surface area contributed by atoms with Crippen molar-refractivity contribution in [2.75, 3.05) is 12.4 Å². The molecule has 0 unspecified atom stereocenters. The fourth-order valence-corrected chi connectivity index (χ4v) is 1.80. The summed E-state index contributed by atoms with van der Waals surface area (Å²) in [5, 5.41) is 5.70. The summed E-state index contributed by atoms with van der Waals surface area (Å²) in [4.78, 5) is 18.4. The third-order valence-electron chi connectivity index (χ3n) is 2.75. The van der Waals surface area contributed by atoms with Crippen LogP contribution in [0.3, 0.4) is 0 Å². The van der Waals surface area contributed by atoms with Gasteiger partial charge < -0.3 is 14.5 Å². The minimum Gasteiger partial charge on any atom is -0.494 e. The van der Waals surface area contributed by atoms with Crippen LogP contribution in [0.2, 0.25) is 0 Å². The molecule has 1 aromatic carbocycles. The number of pyridine rings is 1. The number of fused-ring (bicyclic) bond motifs is 1. The van der Waals surface area contributed by atoms with E-state index in [4.69, 9.17) is 9.15 Å². The van der Waals surface area contributed by atoms with Gasteiger partial charge in [-0.05, 0) is 17.3 Å². The number of oxazole rings is 1. The van der Waals surface area contributed by atoms with Crippen LogP contribution in [-0.2, 0) is 0 Å². The second-order valence-electron chi connectivity index (χ2n) is 4.10. The van der Waals surface area contributed by atoms with Gasteiger partial charge in [-0.15, -0.1) is 4.91 Å². The van der Waals surface area contributed by atoms with Gasteiger partial charge in [0.1, 0.15) is 17.3 Å². The molecular weight excluding hydrogens is 279 g/mol. The number of hydrogen-bond donors (Lipinski definition) is 1. The standard InChI is InChI=1S/C13H9FN4O3/c1-20-10-5-8(18-19)2-3-9(10)16-13-17-12-11(21-13)4-7(14)6-15-12/h2-6H,1H3,(H,15,16,17). The predicted octanol–water partition coefficient (Wildman–Crippen LogP) is 3.51. The lowest BCUT2D eigenvalue weighted by Crippen LogP contribution is -1.94. The lowest BCUT2D eigenvalue weighted by atomic mass is 10.2. The zero-order chi connectivity index (χ0) is 14.8. The summed E-state index contributed by atoms with van der Waals surface area (Å²) in [6.07, 6.45) is 1.06. The van der Waals surface area contributed by atoms with E-state index in [0.29, 0.717) is 11.4 Å². The Bertz CT molecular complexity index is 818. The number of halogens is 1. The molecule has 3 rings (SSSR count). The van der Waals surface area contributed by atoms with Crippen molar-refractivity contribution in [3.8, 4) is 5.75 Å². The Kier molecular flexibility index (Phi) is 3.19. The average Bonchev–Trinajstić information content (AvgIpc) is 2.89. The zero-order valence-corrected chi connectivity index (χ0v) is 10.8. The van der Waals surface area contributed by atoms with Crippen LogP contribution in [0.25, 0.3) is 11.2 Å². The lowest BCUT2D eigenvalue weighted by Gasteiger charge is -2.08. The molecule has 0 bridgehead atoms. The van der Waals surface area contributed by atoms with Crippen LogP contribution in [-0.4, -0.2) is 17.1 Å². The van der Waals surface area contributed by atoms with Crippen molar-refractivity contribution in [2.45, 2.75) is 0 Å². The van der Waals surface area contributed by atoms with Gasteiger partial charge in [-0.1, -0.05) is 0 Å². The molecule has 0 saturated carbocycles. The monoisotopic (exact) mass is 288 g/mol. The molecule has 0 saturated heterocycles. The molecule has 21 heavy (non-hydrogen) atoms. The molecule has 2 heterocycles. The summed E-state index contributed by atoms with van der Waals surface area (Å²) in [5.41, 5.74) is 1.27. The summed E-state index contributed by atoms with van der Waals surface area (Å²) < 4.78 is 23.5. The number of nitrogens with zero attached hydrogens (tertiary/aromatic N) is 3. The fourth-order valence-electron chi connectivity index (χ4n) is 1.80. The first-order valence-electron chi connectivity index (χ1n) is 5.90. The summed E-state index contributed by atoms with van der Waals surface area (Å²) in [7, 11) is 1.46. The number of aromatic nitrogens is 2. The molecule has 7 nitrogen and oxygen atoms in total. The molecule has 0 atom stereocenters. The van der Waals surface area contributed by atoms with E-state index in [0.717, 1.165) is 6.20 Å². The number of anilines is 2. The highest BCUT2D eigenvalue weighted by molar-refractivity contribution is 5.72. The van der Waals surface area contributed by atoms with Crippen molar-refractivity contribution in [1.82, 2.24) is 9.97 Å². The molecule has 3 aromatic rings. The van der Waals surface area contributed by atoms with Crippen molar-refractivity contribution >= 4 is 28.6 Å². The summed E-state index contributed by atoms with van der Waals surface area (Å²) in [6.45, 7) is 0. The quantitative estimate of drug-likeness (QED) is 0.739. The Morgan fingerprint density at radius 2 is 2.24 bits per heavy atom. The minimum atomic E-state index is -0.510. The van der Waals surface area contributed by atoms with Crippen molar-refractivity contribution in [2.24, 2.45) is 5.18 Å². The Hall–Kier alpha value is -3.03. The molecule has 0 amide bonds. The number of benzene rings is 1. The smallest absolute Gasteiger partial charge is 0.301 e. The third kappa shape index (κ3) is 2.50. The van der Waals surface area contributed by atoms with Crippen LogP contribution >= 0.6 is 0 Å². The highest BCUT2D eigenvalue weighted by atomic mass is 19.1. The van der Waals surface area contributed by atoms with E-state index < -0.39 is 5.82 Å². The minimum absolute atomic E-state index is 0.133. The van der Waals surface area contributed by atoms with Crippen LogP contribution in [0.15, 0.2) is 40.1 Å². The lowest BCUT2D eigenvalue weighted by molar-refractivity contribution is 0.416. The first-order valence-corrected chi connectivity index (χ1v) is 5.90. The van der Waals surface area contributed by atoms with Crippen molar-refractivity contribution in [3.63, 3.8) is 0 Å². The maximum absolute atomic E-state index is 13.0. The van der Waals surface area contributed by atoms with E-state index in [2.05, 4.69) is 20.5 Å². The molecule has 2 aromatic heterocycles. The summed E-state index contributed by atoms with van der Waals surface area (Å²) in [5.74, 6) is -0.113. The molecule has 0 spiro atoms. The molecule has 0 aliphatic rings. The van der Waals surface area contributed by atoms with Gasteiger partial charge in [0, 0.05) is 12.1 Å². The normalized spacial score (nSPS) is 10.6. The van der Waals surface area contributed by atoms with Gasteiger partial charge in [0.25, 0.3) is 0 Å². The van der Waals surface area contributed by atoms with Crippen LogP contribution in [0.4, 0.5) is 21.8 Å². The first-order chi connectivity index (χ1) is 10.2.